The number of benzene rings is 1. The fourth-order valence-corrected chi connectivity index (χ4v) is 3.38. The third-order valence-corrected chi connectivity index (χ3v) is 4.80. The molecule has 0 spiro atoms. The lowest BCUT2D eigenvalue weighted by atomic mass is 10.1. The Kier molecular flexibility index (Phi) is 6.24. The van der Waals surface area contributed by atoms with Gasteiger partial charge >= 0.3 is 0 Å². The molecule has 1 amide bonds. The van der Waals surface area contributed by atoms with Gasteiger partial charge in [-0.2, -0.15) is 0 Å². The Morgan fingerprint density at radius 1 is 1.25 bits per heavy atom. The van der Waals surface area contributed by atoms with Crippen molar-refractivity contribution >= 4 is 11.6 Å². The number of anilines is 1. The Morgan fingerprint density at radius 3 is 2.79 bits per heavy atom. The van der Waals surface area contributed by atoms with Crippen LogP contribution in [0.3, 0.4) is 0 Å². The number of rotatable bonds is 6. The predicted molar refractivity (Wildman–Crippen MR) is 94.0 cm³/mol. The molecule has 0 aliphatic carbocycles. The second kappa shape index (κ2) is 8.60. The Balaban J connectivity index is 1.51. The van der Waals surface area contributed by atoms with Crippen LogP contribution in [0.2, 0.25) is 0 Å². The van der Waals surface area contributed by atoms with Crippen molar-refractivity contribution < 1.29 is 14.3 Å². The highest BCUT2D eigenvalue weighted by Gasteiger charge is 2.22. The monoisotopic (exact) mass is 332 g/mol. The van der Waals surface area contributed by atoms with Crippen LogP contribution in [0.4, 0.5) is 5.69 Å². The topological polar surface area (TPSA) is 50.8 Å². The van der Waals surface area contributed by atoms with E-state index in [1.54, 1.807) is 0 Å². The first-order chi connectivity index (χ1) is 11.7. The van der Waals surface area contributed by atoms with Crippen LogP contribution in [0.1, 0.15) is 38.2 Å². The fourth-order valence-electron chi connectivity index (χ4n) is 3.38. The predicted octanol–water partition coefficient (Wildman–Crippen LogP) is 2.81. The van der Waals surface area contributed by atoms with Crippen LogP contribution in [0.15, 0.2) is 24.3 Å². The molecular formula is C19H28N2O3. The van der Waals surface area contributed by atoms with Gasteiger partial charge in [0.15, 0.2) is 0 Å². The van der Waals surface area contributed by atoms with Crippen molar-refractivity contribution in [1.82, 2.24) is 4.90 Å². The van der Waals surface area contributed by atoms with Crippen LogP contribution in [-0.2, 0) is 20.8 Å². The number of nitrogens with one attached hydrogen (secondary N) is 1. The molecule has 1 aromatic carbocycles. The van der Waals surface area contributed by atoms with E-state index >= 15 is 0 Å². The van der Waals surface area contributed by atoms with Gasteiger partial charge in [0.25, 0.3) is 0 Å². The maximum Gasteiger partial charge on any atom is 0.224 e. The number of amides is 1. The summed E-state index contributed by atoms with van der Waals surface area (Å²) in [6.07, 6.45) is 4.09. The maximum absolute atomic E-state index is 12.3. The molecule has 5 heteroatoms. The SMILES string of the molecule is C[C@H]1CC[C@H](CCC(=O)Nc2ccccc2CN2CCOCC2)O1. The van der Waals surface area contributed by atoms with E-state index in [1.807, 2.05) is 18.2 Å². The first-order valence-electron chi connectivity index (χ1n) is 9.04. The molecule has 2 saturated heterocycles. The van der Waals surface area contributed by atoms with E-state index in [-0.39, 0.29) is 12.0 Å². The molecule has 3 rings (SSSR count). The zero-order valence-corrected chi connectivity index (χ0v) is 14.5. The molecule has 0 bridgehead atoms. The number of ether oxygens (including phenoxy) is 2. The van der Waals surface area contributed by atoms with Gasteiger partial charge < -0.3 is 14.8 Å². The molecule has 0 unspecified atom stereocenters. The molecule has 1 N–H and O–H groups in total. The Morgan fingerprint density at radius 2 is 2.04 bits per heavy atom. The smallest absolute Gasteiger partial charge is 0.224 e. The van der Waals surface area contributed by atoms with Crippen LogP contribution >= 0.6 is 0 Å². The summed E-state index contributed by atoms with van der Waals surface area (Å²) in [4.78, 5) is 14.7. The van der Waals surface area contributed by atoms with E-state index in [0.29, 0.717) is 12.5 Å². The van der Waals surface area contributed by atoms with Crippen molar-refractivity contribution in [3.05, 3.63) is 29.8 Å². The van der Waals surface area contributed by atoms with Gasteiger partial charge in [0.2, 0.25) is 5.91 Å². The number of carbonyl (C=O) groups is 1. The van der Waals surface area contributed by atoms with Gasteiger partial charge in [-0.3, -0.25) is 9.69 Å². The van der Waals surface area contributed by atoms with E-state index in [4.69, 9.17) is 9.47 Å². The summed E-state index contributed by atoms with van der Waals surface area (Å²) in [6, 6.07) is 8.08. The number of hydrogen-bond acceptors (Lipinski definition) is 4. The number of morpholine rings is 1. The molecule has 1 aromatic rings. The third kappa shape index (κ3) is 5.03. The molecule has 24 heavy (non-hydrogen) atoms. The number of para-hydroxylation sites is 1. The van der Waals surface area contributed by atoms with E-state index in [2.05, 4.69) is 23.2 Å². The molecule has 2 fully saturated rings. The zero-order chi connectivity index (χ0) is 16.8. The molecular weight excluding hydrogens is 304 g/mol. The van der Waals surface area contributed by atoms with Gasteiger partial charge in [0.05, 0.1) is 25.4 Å². The summed E-state index contributed by atoms with van der Waals surface area (Å²) >= 11 is 0. The van der Waals surface area contributed by atoms with Gasteiger partial charge in [-0.15, -0.1) is 0 Å². The van der Waals surface area contributed by atoms with Crippen molar-refractivity contribution in [2.45, 2.75) is 51.4 Å². The molecule has 132 valence electrons. The fraction of sp³-hybridized carbons (Fsp3) is 0.632. The molecule has 2 aliphatic heterocycles. The van der Waals surface area contributed by atoms with Crippen molar-refractivity contribution in [2.24, 2.45) is 0 Å². The summed E-state index contributed by atoms with van der Waals surface area (Å²) in [6.45, 7) is 6.41. The van der Waals surface area contributed by atoms with Crippen molar-refractivity contribution in [2.75, 3.05) is 31.6 Å². The molecule has 2 heterocycles. The first kappa shape index (κ1) is 17.4. The molecule has 2 atom stereocenters. The standard InChI is InChI=1S/C19H28N2O3/c1-15-6-7-17(24-15)8-9-19(22)20-18-5-3-2-4-16(18)14-21-10-12-23-13-11-21/h2-5,15,17H,6-14H2,1H3,(H,20,22)/t15-,17+/m0/s1. The molecule has 0 saturated carbocycles. The minimum absolute atomic E-state index is 0.0765. The van der Waals surface area contributed by atoms with Crippen LogP contribution in [-0.4, -0.2) is 49.3 Å². The molecule has 0 aromatic heterocycles. The molecule has 0 radical (unpaired) electrons. The lowest BCUT2D eigenvalue weighted by Gasteiger charge is -2.27. The minimum atomic E-state index is 0.0765. The Hall–Kier alpha value is -1.43. The van der Waals surface area contributed by atoms with Crippen molar-refractivity contribution in [3.8, 4) is 0 Å². The van der Waals surface area contributed by atoms with Crippen molar-refractivity contribution in [3.63, 3.8) is 0 Å². The Bertz CT molecular complexity index is 543. The number of carbonyl (C=O) groups excluding carboxylic acids is 1. The third-order valence-electron chi connectivity index (χ3n) is 4.80. The van der Waals surface area contributed by atoms with Gasteiger partial charge in [0, 0.05) is 31.7 Å². The summed E-state index contributed by atoms with van der Waals surface area (Å²) in [5, 5.41) is 3.08. The molecule has 2 aliphatic rings. The van der Waals surface area contributed by atoms with Gasteiger partial charge in [-0.1, -0.05) is 18.2 Å². The number of nitrogens with zero attached hydrogens (tertiary/aromatic N) is 1. The highest BCUT2D eigenvalue weighted by molar-refractivity contribution is 5.91. The van der Waals surface area contributed by atoms with Gasteiger partial charge in [-0.05, 0) is 37.8 Å². The normalized spacial score (nSPS) is 24.9. The quantitative estimate of drug-likeness (QED) is 0.870. The highest BCUT2D eigenvalue weighted by atomic mass is 16.5. The largest absolute Gasteiger partial charge is 0.379 e. The van der Waals surface area contributed by atoms with Gasteiger partial charge in [0.1, 0.15) is 0 Å². The number of hydrogen-bond donors (Lipinski definition) is 1. The summed E-state index contributed by atoms with van der Waals surface area (Å²) in [5.41, 5.74) is 2.09. The average Bonchev–Trinajstić information content (AvgIpc) is 3.01. The summed E-state index contributed by atoms with van der Waals surface area (Å²) in [5.74, 6) is 0.0765. The lowest BCUT2D eigenvalue weighted by Crippen LogP contribution is -2.35. The van der Waals surface area contributed by atoms with E-state index in [1.165, 1.54) is 5.56 Å². The maximum atomic E-state index is 12.3. The summed E-state index contributed by atoms with van der Waals surface area (Å²) < 4.78 is 11.2. The highest BCUT2D eigenvalue weighted by Crippen LogP contribution is 2.23. The van der Waals surface area contributed by atoms with Crippen LogP contribution in [0.5, 0.6) is 0 Å². The van der Waals surface area contributed by atoms with Crippen LogP contribution < -0.4 is 5.32 Å². The molecule has 5 nitrogen and oxygen atoms in total. The van der Waals surface area contributed by atoms with Crippen molar-refractivity contribution in [1.29, 1.82) is 0 Å². The minimum Gasteiger partial charge on any atom is -0.379 e. The van der Waals surface area contributed by atoms with E-state index in [0.717, 1.165) is 57.8 Å². The first-order valence-corrected chi connectivity index (χ1v) is 9.04. The van der Waals surface area contributed by atoms with E-state index in [9.17, 15) is 4.79 Å². The van der Waals surface area contributed by atoms with Crippen LogP contribution in [0, 0.1) is 0 Å². The average molecular weight is 332 g/mol. The summed E-state index contributed by atoms with van der Waals surface area (Å²) in [7, 11) is 0. The Labute approximate surface area is 144 Å². The van der Waals surface area contributed by atoms with Gasteiger partial charge in [-0.25, -0.2) is 0 Å². The second-order valence-corrected chi connectivity index (χ2v) is 6.78. The van der Waals surface area contributed by atoms with Crippen LogP contribution in [0.25, 0.3) is 0 Å². The zero-order valence-electron chi connectivity index (χ0n) is 14.5. The van der Waals surface area contributed by atoms with E-state index < -0.39 is 0 Å². The lowest BCUT2D eigenvalue weighted by molar-refractivity contribution is -0.116. The second-order valence-electron chi connectivity index (χ2n) is 6.78.